The molecule has 3 aliphatic heterocycles. The number of carbonyl (C=O) groups excluding carboxylic acids is 1. The van der Waals surface area contributed by atoms with Gasteiger partial charge in [0.15, 0.2) is 5.82 Å². The van der Waals surface area contributed by atoms with E-state index in [1.165, 1.54) is 6.20 Å². The molecule has 9 nitrogen and oxygen atoms in total. The summed E-state index contributed by atoms with van der Waals surface area (Å²) in [6.45, 7) is 11.6. The van der Waals surface area contributed by atoms with Crippen LogP contribution in [0.4, 0.5) is 15.0 Å². The second-order valence-electron chi connectivity index (χ2n) is 8.73. The van der Waals surface area contributed by atoms with E-state index in [2.05, 4.69) is 39.1 Å². The molecular formula is C21H30FN7O2. The largest absolute Gasteiger partial charge is 0.477 e. The standard InChI is InChI=1S/C21H30FN7O2/c1-6-31-16-10-23-17(22)19(25-16)26-18-14-12-29(21(3,4)15(14)9-24-18)20(30)28-8-7-27(5)13(2)11-28/h10,13H,6-9,11-12H2,1-5H3,(H,24,25,26)/t13-/m1/s1. The fourth-order valence-electron chi connectivity index (χ4n) is 4.33. The maximum atomic E-state index is 14.2. The number of ether oxygens (including phenoxy) is 1. The number of amides is 2. The number of aliphatic imine (C=N–C) groups is 1. The first kappa shape index (κ1) is 21.5. The first-order valence-electron chi connectivity index (χ1n) is 10.7. The molecule has 1 atom stereocenters. The lowest BCUT2D eigenvalue weighted by Crippen LogP contribution is -2.58. The number of carbonyl (C=O) groups is 1. The number of nitrogens with zero attached hydrogens (tertiary/aromatic N) is 6. The Bertz CT molecular complexity index is 946. The first-order chi connectivity index (χ1) is 14.7. The molecule has 0 radical (unpaired) electrons. The predicted molar refractivity (Wildman–Crippen MR) is 116 cm³/mol. The van der Waals surface area contributed by atoms with E-state index in [9.17, 15) is 9.18 Å². The molecule has 3 aliphatic rings. The predicted octanol–water partition coefficient (Wildman–Crippen LogP) is 1.99. The van der Waals surface area contributed by atoms with Gasteiger partial charge in [0.25, 0.3) is 5.95 Å². The maximum Gasteiger partial charge on any atom is 0.321 e. The Morgan fingerprint density at radius 1 is 1.39 bits per heavy atom. The minimum absolute atomic E-state index is 0.0306. The molecule has 0 saturated carbocycles. The molecular weight excluding hydrogens is 401 g/mol. The van der Waals surface area contributed by atoms with E-state index in [0.29, 0.717) is 44.7 Å². The monoisotopic (exact) mass is 431 g/mol. The number of hydrogen-bond acceptors (Lipinski definition) is 7. The van der Waals surface area contributed by atoms with Crippen molar-refractivity contribution >= 4 is 17.7 Å². The fourth-order valence-corrected chi connectivity index (χ4v) is 4.33. The summed E-state index contributed by atoms with van der Waals surface area (Å²) in [6.07, 6.45) is 1.25. The van der Waals surface area contributed by atoms with E-state index in [0.717, 1.165) is 17.7 Å². The molecule has 1 aromatic rings. The van der Waals surface area contributed by atoms with Crippen LogP contribution in [0.25, 0.3) is 0 Å². The van der Waals surface area contributed by atoms with Gasteiger partial charge in [-0.1, -0.05) is 0 Å². The smallest absolute Gasteiger partial charge is 0.321 e. The molecule has 4 rings (SSSR count). The fraction of sp³-hybridized carbons (Fsp3) is 0.619. The average Bonchev–Trinajstić information content (AvgIpc) is 3.24. The van der Waals surface area contributed by atoms with Crippen molar-refractivity contribution in [2.75, 3.05) is 51.7 Å². The van der Waals surface area contributed by atoms with Crippen molar-refractivity contribution in [1.29, 1.82) is 0 Å². The molecule has 1 fully saturated rings. The van der Waals surface area contributed by atoms with Crippen LogP contribution >= 0.6 is 0 Å². The number of nitrogens with one attached hydrogen (secondary N) is 1. The average molecular weight is 432 g/mol. The van der Waals surface area contributed by atoms with Crippen LogP contribution in [0.2, 0.25) is 0 Å². The molecule has 0 aliphatic carbocycles. The van der Waals surface area contributed by atoms with Crippen LogP contribution in [-0.4, -0.2) is 94.5 Å². The van der Waals surface area contributed by atoms with Gasteiger partial charge in [-0.15, -0.1) is 0 Å². The Kier molecular flexibility index (Phi) is 5.59. The number of hydrogen-bond donors (Lipinski definition) is 1. The summed E-state index contributed by atoms with van der Waals surface area (Å²) in [7, 11) is 2.08. The molecule has 4 heterocycles. The highest BCUT2D eigenvalue weighted by Crippen LogP contribution is 2.39. The van der Waals surface area contributed by atoms with Crippen LogP contribution in [0.5, 0.6) is 5.88 Å². The van der Waals surface area contributed by atoms with Crippen LogP contribution in [0, 0.1) is 5.95 Å². The van der Waals surface area contributed by atoms with E-state index < -0.39 is 11.5 Å². The molecule has 0 bridgehead atoms. The van der Waals surface area contributed by atoms with Crippen molar-refractivity contribution < 1.29 is 13.9 Å². The molecule has 10 heteroatoms. The maximum absolute atomic E-state index is 14.2. The highest BCUT2D eigenvalue weighted by Gasteiger charge is 2.47. The summed E-state index contributed by atoms with van der Waals surface area (Å²) in [5.74, 6) is 0.0182. The number of halogens is 1. The van der Waals surface area contributed by atoms with Gasteiger partial charge in [0.2, 0.25) is 5.88 Å². The molecule has 0 spiro atoms. The third-order valence-corrected chi connectivity index (χ3v) is 6.47. The van der Waals surface area contributed by atoms with Gasteiger partial charge < -0.3 is 24.8 Å². The molecule has 1 N–H and O–H groups in total. The van der Waals surface area contributed by atoms with Crippen molar-refractivity contribution in [3.05, 3.63) is 23.3 Å². The second kappa shape index (κ2) is 8.07. The number of likely N-dealkylation sites (N-methyl/N-ethyl adjacent to an activating group) is 1. The molecule has 168 valence electrons. The number of rotatable bonds is 3. The van der Waals surface area contributed by atoms with Crippen molar-refractivity contribution in [3.8, 4) is 5.88 Å². The lowest BCUT2D eigenvalue weighted by atomic mass is 9.94. The number of piperazine rings is 1. The number of urea groups is 1. The SMILES string of the molecule is CCOc1cnc(F)c(NC2=NCC3=C2CN(C(=O)N2CCN(C)[C@H](C)C2)C3(C)C)n1. The van der Waals surface area contributed by atoms with Crippen LogP contribution in [-0.2, 0) is 0 Å². The van der Waals surface area contributed by atoms with Gasteiger partial charge >= 0.3 is 6.03 Å². The van der Waals surface area contributed by atoms with E-state index in [-0.39, 0.29) is 17.7 Å². The summed E-state index contributed by atoms with van der Waals surface area (Å²) < 4.78 is 19.6. The lowest BCUT2D eigenvalue weighted by Gasteiger charge is -2.43. The third kappa shape index (κ3) is 3.84. The van der Waals surface area contributed by atoms with Gasteiger partial charge in [0.05, 0.1) is 31.4 Å². The van der Waals surface area contributed by atoms with Crippen LogP contribution in [0.15, 0.2) is 22.3 Å². The molecule has 31 heavy (non-hydrogen) atoms. The summed E-state index contributed by atoms with van der Waals surface area (Å²) in [6, 6.07) is 0.351. The van der Waals surface area contributed by atoms with E-state index in [1.807, 2.05) is 30.6 Å². The Hall–Kier alpha value is -2.75. The molecule has 2 amide bonds. The van der Waals surface area contributed by atoms with Gasteiger partial charge in [0.1, 0.15) is 5.84 Å². The minimum Gasteiger partial charge on any atom is -0.477 e. The summed E-state index contributed by atoms with van der Waals surface area (Å²) in [4.78, 5) is 31.9. The van der Waals surface area contributed by atoms with Gasteiger partial charge in [-0.3, -0.25) is 4.99 Å². The van der Waals surface area contributed by atoms with E-state index >= 15 is 0 Å². The summed E-state index contributed by atoms with van der Waals surface area (Å²) in [5, 5.41) is 2.97. The second-order valence-corrected chi connectivity index (χ2v) is 8.73. The van der Waals surface area contributed by atoms with Gasteiger partial charge in [0, 0.05) is 31.2 Å². The van der Waals surface area contributed by atoms with Crippen LogP contribution in [0.3, 0.4) is 0 Å². The molecule has 0 aromatic carbocycles. The van der Waals surface area contributed by atoms with Gasteiger partial charge in [-0.05, 0) is 40.3 Å². The number of aromatic nitrogens is 2. The van der Waals surface area contributed by atoms with E-state index in [1.54, 1.807) is 0 Å². The van der Waals surface area contributed by atoms with Crippen molar-refractivity contribution in [3.63, 3.8) is 0 Å². The number of anilines is 1. The number of amidine groups is 1. The van der Waals surface area contributed by atoms with Crippen molar-refractivity contribution in [1.82, 2.24) is 24.7 Å². The van der Waals surface area contributed by atoms with Crippen LogP contribution in [0.1, 0.15) is 27.7 Å². The summed E-state index contributed by atoms with van der Waals surface area (Å²) >= 11 is 0. The Morgan fingerprint density at radius 3 is 2.87 bits per heavy atom. The zero-order chi connectivity index (χ0) is 22.3. The van der Waals surface area contributed by atoms with Crippen molar-refractivity contribution in [2.45, 2.75) is 39.3 Å². The van der Waals surface area contributed by atoms with Gasteiger partial charge in [-0.25, -0.2) is 9.78 Å². The first-order valence-corrected chi connectivity index (χ1v) is 10.7. The zero-order valence-electron chi connectivity index (χ0n) is 18.8. The quantitative estimate of drug-likeness (QED) is 0.788. The van der Waals surface area contributed by atoms with Crippen LogP contribution < -0.4 is 10.1 Å². The molecule has 1 aromatic heterocycles. The lowest BCUT2D eigenvalue weighted by molar-refractivity contribution is 0.0845. The van der Waals surface area contributed by atoms with E-state index in [4.69, 9.17) is 4.74 Å². The Labute approximate surface area is 182 Å². The topological polar surface area (TPSA) is 86.2 Å². The van der Waals surface area contributed by atoms with Crippen molar-refractivity contribution in [2.24, 2.45) is 4.99 Å². The Morgan fingerprint density at radius 2 is 2.16 bits per heavy atom. The normalized spacial score (nSPS) is 23.2. The highest BCUT2D eigenvalue weighted by atomic mass is 19.1. The zero-order valence-corrected chi connectivity index (χ0v) is 18.8. The Balaban J connectivity index is 1.51. The molecule has 0 unspecified atom stereocenters. The highest BCUT2D eigenvalue weighted by molar-refractivity contribution is 6.11. The third-order valence-electron chi connectivity index (χ3n) is 6.47. The summed E-state index contributed by atoms with van der Waals surface area (Å²) in [5.41, 5.74) is 1.52. The minimum atomic E-state index is -0.725. The molecule has 1 saturated heterocycles. The van der Waals surface area contributed by atoms with Gasteiger partial charge in [-0.2, -0.15) is 9.37 Å².